The summed E-state index contributed by atoms with van der Waals surface area (Å²) in [6.07, 6.45) is 1.67. The topological polar surface area (TPSA) is 201 Å². The maximum atomic E-state index is 10.2. The molecule has 0 spiro atoms. The lowest BCUT2D eigenvalue weighted by Crippen LogP contribution is -2.50. The minimum Gasteiger partial charge on any atom is -0.778 e. The molecule has 0 fully saturated rings. The second-order valence-electron chi connectivity index (χ2n) is 3.91. The van der Waals surface area contributed by atoms with Crippen molar-refractivity contribution in [3.05, 3.63) is 0 Å². The Bertz CT molecular complexity index is 334. The van der Waals surface area contributed by atoms with Gasteiger partial charge in [0.05, 0.1) is 19.4 Å². The molecule has 0 bridgehead atoms. The summed E-state index contributed by atoms with van der Waals surface area (Å²) in [6, 6.07) is -0.688. The highest BCUT2D eigenvalue weighted by Gasteiger charge is 2.09. The molecule has 0 aromatic rings. The summed E-state index contributed by atoms with van der Waals surface area (Å²) in [4.78, 5) is 37.9. The fourth-order valence-electron chi connectivity index (χ4n) is 0.969. The average molecular weight is 315 g/mol. The maximum Gasteiger partial charge on any atom is 0.320 e. The molecule has 1 unspecified atom stereocenters. The molecule has 0 radical (unpaired) electrons. The number of aliphatic carboxylic acids is 2. The Morgan fingerprint density at radius 1 is 1.35 bits per heavy atom. The first-order valence-corrected chi connectivity index (χ1v) is 7.59. The lowest BCUT2D eigenvalue weighted by atomic mass is 10.1. The molecule has 0 aromatic carbocycles. The van der Waals surface area contributed by atoms with E-state index in [-0.39, 0.29) is 0 Å². The van der Waals surface area contributed by atoms with Gasteiger partial charge in [-0.05, 0) is 19.3 Å². The van der Waals surface area contributed by atoms with Gasteiger partial charge in [0.2, 0.25) is 0 Å². The zero-order valence-corrected chi connectivity index (χ0v) is 11.9. The maximum absolute atomic E-state index is 10.2. The summed E-state index contributed by atoms with van der Waals surface area (Å²) in [5, 5.41) is 18.3. The fraction of sp³-hybridized carbons (Fsp3) is 0.778. The van der Waals surface area contributed by atoms with Crippen LogP contribution in [0, 0.1) is 0 Å². The second-order valence-corrected chi connectivity index (χ2v) is 5.50. The van der Waals surface area contributed by atoms with Gasteiger partial charge in [0, 0.05) is 0 Å². The van der Waals surface area contributed by atoms with Crippen LogP contribution in [0.25, 0.3) is 0 Å². The van der Waals surface area contributed by atoms with Gasteiger partial charge < -0.3 is 36.0 Å². The number of hydrogen-bond donors (Lipinski definition) is 6. The summed E-state index contributed by atoms with van der Waals surface area (Å²) >= 11 is 0. The van der Waals surface area contributed by atoms with Crippen molar-refractivity contribution in [2.45, 2.75) is 25.3 Å². The Morgan fingerprint density at radius 2 is 1.90 bits per heavy atom. The van der Waals surface area contributed by atoms with E-state index in [1.165, 1.54) is 0 Å². The lowest BCUT2D eigenvalue weighted by molar-refractivity contribution is -0.368. The molecule has 0 heterocycles. The number of hydrogen-bond acceptors (Lipinski definition) is 6. The highest BCUT2D eigenvalue weighted by Crippen LogP contribution is 2.25. The molecule has 0 aromatic heterocycles. The molecule has 0 rings (SSSR count). The lowest BCUT2D eigenvalue weighted by Gasteiger charge is -2.14. The molecule has 0 saturated heterocycles. The summed E-state index contributed by atoms with van der Waals surface area (Å²) < 4.78 is 9.94. The molecule has 10 nitrogen and oxygen atoms in total. The minimum absolute atomic E-state index is 0.479. The molecule has 11 heteroatoms. The van der Waals surface area contributed by atoms with Crippen LogP contribution in [0.2, 0.25) is 0 Å². The Hall–Kier alpha value is -1.03. The van der Waals surface area contributed by atoms with Crippen LogP contribution in [-0.4, -0.2) is 52.5 Å². The molecule has 0 aliphatic heterocycles. The van der Waals surface area contributed by atoms with Crippen LogP contribution >= 0.6 is 7.60 Å². The van der Waals surface area contributed by atoms with Gasteiger partial charge in [-0.25, -0.2) is 0 Å². The Balaban J connectivity index is 0. The van der Waals surface area contributed by atoms with Crippen LogP contribution < -0.4 is 21.7 Å². The molecular weight excluding hydrogens is 293 g/mol. The second kappa shape index (κ2) is 11.8. The van der Waals surface area contributed by atoms with E-state index in [0.29, 0.717) is 6.42 Å². The number of nitrogens with two attached hydrogens (primary N) is 1. The highest BCUT2D eigenvalue weighted by molar-refractivity contribution is 7.50. The minimum atomic E-state index is -4.35. The van der Waals surface area contributed by atoms with E-state index in [1.54, 1.807) is 0 Å². The molecule has 120 valence electrons. The summed E-state index contributed by atoms with van der Waals surface area (Å²) in [5.41, 5.74) is 8.88. The van der Waals surface area contributed by atoms with Gasteiger partial charge in [0.25, 0.3) is 0 Å². The smallest absolute Gasteiger partial charge is 0.320 e. The van der Waals surface area contributed by atoms with Crippen LogP contribution in [0.3, 0.4) is 0 Å². The molecule has 0 aliphatic carbocycles. The van der Waals surface area contributed by atoms with Crippen LogP contribution in [0.5, 0.6) is 0 Å². The van der Waals surface area contributed by atoms with Crippen LogP contribution in [-0.2, 0) is 14.2 Å². The number of quaternary nitrogens is 1. The van der Waals surface area contributed by atoms with Crippen molar-refractivity contribution in [3.63, 3.8) is 0 Å². The van der Waals surface area contributed by atoms with Crippen molar-refractivity contribution < 1.29 is 39.9 Å². The Morgan fingerprint density at radius 3 is 2.25 bits per heavy atom. The van der Waals surface area contributed by atoms with E-state index >= 15 is 0 Å². The summed E-state index contributed by atoms with van der Waals surface area (Å²) in [6.45, 7) is 0.374. The van der Waals surface area contributed by atoms with Gasteiger partial charge in [-0.2, -0.15) is 0 Å². The fourth-order valence-corrected chi connectivity index (χ4v) is 1.36. The predicted octanol–water partition coefficient (Wildman–Crippen LogP) is -3.03. The Kier molecular flexibility index (Phi) is 12.5. The third-order valence-corrected chi connectivity index (χ3v) is 2.54. The number of nitrogens with one attached hydrogen (secondary N) is 1. The number of carboxylic acid groups (broad SMARTS) is 2. The van der Waals surface area contributed by atoms with Crippen molar-refractivity contribution in [2.24, 2.45) is 5.73 Å². The predicted molar refractivity (Wildman–Crippen MR) is 67.5 cm³/mol. The van der Waals surface area contributed by atoms with E-state index in [0.717, 1.165) is 19.4 Å². The molecule has 2 atom stereocenters. The SMILES string of the molecule is N[C@@H](CCCC[NH3+])C(=O)O.O=C(O)CNCP(=O)([O-])O. The van der Waals surface area contributed by atoms with Gasteiger partial charge in [0.1, 0.15) is 13.6 Å². The van der Waals surface area contributed by atoms with Gasteiger partial charge in [0.15, 0.2) is 0 Å². The van der Waals surface area contributed by atoms with Crippen molar-refractivity contribution in [3.8, 4) is 0 Å². The quantitative estimate of drug-likeness (QED) is 0.189. The van der Waals surface area contributed by atoms with E-state index in [9.17, 15) is 19.0 Å². The van der Waals surface area contributed by atoms with E-state index in [1.807, 2.05) is 5.32 Å². The first kappa shape index (κ1) is 21.3. The first-order chi connectivity index (χ1) is 9.10. The van der Waals surface area contributed by atoms with Gasteiger partial charge in [-0.15, -0.1) is 0 Å². The number of rotatable bonds is 9. The summed E-state index contributed by atoms with van der Waals surface area (Å²) in [5.74, 6) is -2.09. The van der Waals surface area contributed by atoms with E-state index in [2.05, 4.69) is 5.73 Å². The zero-order chi connectivity index (χ0) is 16.2. The number of carbonyl (C=O) groups is 2. The molecular formula is C9H22N3O7P. The van der Waals surface area contributed by atoms with Crippen molar-refractivity contribution in [2.75, 3.05) is 19.4 Å². The summed E-state index contributed by atoms with van der Waals surface area (Å²) in [7, 11) is -4.35. The zero-order valence-electron chi connectivity index (χ0n) is 11.0. The molecule has 20 heavy (non-hydrogen) atoms. The van der Waals surface area contributed by atoms with Gasteiger partial charge in [-0.1, -0.05) is 0 Å². The third kappa shape index (κ3) is 19.3. The van der Waals surface area contributed by atoms with E-state index in [4.69, 9.17) is 20.8 Å². The van der Waals surface area contributed by atoms with Crippen LogP contribution in [0.15, 0.2) is 0 Å². The van der Waals surface area contributed by atoms with Crippen molar-refractivity contribution >= 4 is 19.5 Å². The van der Waals surface area contributed by atoms with Crippen molar-refractivity contribution in [1.82, 2.24) is 5.32 Å². The average Bonchev–Trinajstić information content (AvgIpc) is 2.27. The first-order valence-electron chi connectivity index (χ1n) is 5.83. The van der Waals surface area contributed by atoms with Crippen LogP contribution in [0.4, 0.5) is 0 Å². The number of unbranched alkanes of at least 4 members (excludes halogenated alkanes) is 1. The monoisotopic (exact) mass is 315 g/mol. The number of carboxylic acids is 2. The molecule has 0 aliphatic rings. The van der Waals surface area contributed by atoms with Gasteiger partial charge >= 0.3 is 11.9 Å². The molecule has 9 N–H and O–H groups in total. The van der Waals surface area contributed by atoms with Crippen molar-refractivity contribution in [1.29, 1.82) is 0 Å². The van der Waals surface area contributed by atoms with Gasteiger partial charge in [-0.3, -0.25) is 14.9 Å². The molecule has 0 saturated carbocycles. The standard InChI is InChI=1S/C6H14N2O2.C3H8NO5P/c7-4-2-1-3-5(8)6(9)10;5-3(6)1-4-2-10(7,8)9/h5H,1-4,7-8H2,(H,9,10);4H,1-2H2,(H,5,6)(H2,7,8,9)/t5-;/m0./s1. The van der Waals surface area contributed by atoms with Crippen LogP contribution in [0.1, 0.15) is 19.3 Å². The largest absolute Gasteiger partial charge is 0.778 e. The van der Waals surface area contributed by atoms with E-state index < -0.39 is 38.4 Å². The third-order valence-electron chi connectivity index (χ3n) is 1.92. The normalized spacial score (nSPS) is 14.6. The molecule has 0 amide bonds. The highest BCUT2D eigenvalue weighted by atomic mass is 31.2. The Labute approximate surface area is 116 Å².